The molecule has 10 nitrogen and oxygen atoms in total. The van der Waals surface area contributed by atoms with Gasteiger partial charge in [0.25, 0.3) is 0 Å². The van der Waals surface area contributed by atoms with Crippen molar-refractivity contribution in [3.05, 3.63) is 66.0 Å². The summed E-state index contributed by atoms with van der Waals surface area (Å²) in [7, 11) is 0. The Morgan fingerprint density at radius 1 is 1.18 bits per heavy atom. The molecule has 1 aliphatic carbocycles. The number of H-pyrrole nitrogens is 1. The van der Waals surface area contributed by atoms with E-state index in [1.807, 2.05) is 6.07 Å². The van der Waals surface area contributed by atoms with Gasteiger partial charge in [-0.1, -0.05) is 0 Å². The van der Waals surface area contributed by atoms with Gasteiger partial charge in [-0.05, 0) is 69.3 Å². The molecule has 196 valence electrons. The molecular formula is C27H30FN9O. The number of nitrogens with one attached hydrogen (secondary N) is 1. The highest BCUT2D eigenvalue weighted by atomic mass is 19.1. The number of rotatable bonds is 7. The Kier molecular flexibility index (Phi) is 5.43. The standard InChI is InChI=1S/C27H30FN9O/c1-16(23-19(28)3-2-8-30-23)38-21-11-18(13-31-25(21)29)20-12-22-27(7-10-37(22)35-20)6-9-36(14-27)24(17-4-5-17)26-32-15-33-34-26/h2-3,8,11-13,15-17,24H,4-7,9-10,14H2,1H3,(H2,29,31)(H,32,33,34)/t16?,24?,27-/m1/s1. The minimum atomic E-state index is -0.626. The summed E-state index contributed by atoms with van der Waals surface area (Å²) in [6.07, 6.45) is 8.92. The lowest BCUT2D eigenvalue weighted by Crippen LogP contribution is -2.33. The molecule has 38 heavy (non-hydrogen) atoms. The Hall–Kier alpha value is -3.86. The highest BCUT2D eigenvalue weighted by Crippen LogP contribution is 2.50. The molecule has 7 rings (SSSR count). The smallest absolute Gasteiger partial charge is 0.166 e. The van der Waals surface area contributed by atoms with Crippen molar-refractivity contribution in [1.29, 1.82) is 0 Å². The van der Waals surface area contributed by atoms with Crippen molar-refractivity contribution in [2.24, 2.45) is 5.92 Å². The summed E-state index contributed by atoms with van der Waals surface area (Å²) in [4.78, 5) is 15.6. The molecule has 6 heterocycles. The lowest BCUT2D eigenvalue weighted by molar-refractivity contribution is 0.198. The predicted octanol–water partition coefficient (Wildman–Crippen LogP) is 3.82. The molecule has 0 radical (unpaired) electrons. The van der Waals surface area contributed by atoms with Crippen molar-refractivity contribution in [2.75, 3.05) is 18.8 Å². The molecule has 1 saturated heterocycles. The fourth-order valence-corrected chi connectivity index (χ4v) is 6.25. The third-order valence-electron chi connectivity index (χ3n) is 8.34. The molecule has 4 aromatic heterocycles. The molecule has 4 aromatic rings. The van der Waals surface area contributed by atoms with Crippen LogP contribution in [-0.4, -0.2) is 52.9 Å². The lowest BCUT2D eigenvalue weighted by atomic mass is 9.82. The van der Waals surface area contributed by atoms with E-state index in [1.165, 1.54) is 24.6 Å². The third kappa shape index (κ3) is 3.92. The van der Waals surface area contributed by atoms with E-state index in [4.69, 9.17) is 15.6 Å². The van der Waals surface area contributed by atoms with Crippen LogP contribution < -0.4 is 10.5 Å². The van der Waals surface area contributed by atoms with Crippen LogP contribution in [0, 0.1) is 11.7 Å². The summed E-state index contributed by atoms with van der Waals surface area (Å²) >= 11 is 0. The zero-order chi connectivity index (χ0) is 25.9. The summed E-state index contributed by atoms with van der Waals surface area (Å²) in [5.74, 6) is 1.84. The average Bonchev–Trinajstić information content (AvgIpc) is 3.28. The second-order valence-corrected chi connectivity index (χ2v) is 10.8. The summed E-state index contributed by atoms with van der Waals surface area (Å²) in [6, 6.07) is 7.25. The number of nitrogens with two attached hydrogens (primary N) is 1. The Morgan fingerprint density at radius 2 is 2.05 bits per heavy atom. The highest BCUT2D eigenvalue weighted by Gasteiger charge is 2.50. The molecule has 0 amide bonds. The van der Waals surface area contributed by atoms with E-state index < -0.39 is 11.9 Å². The van der Waals surface area contributed by atoms with Crippen LogP contribution in [-0.2, 0) is 12.0 Å². The van der Waals surface area contributed by atoms with E-state index >= 15 is 0 Å². The number of hydrogen-bond donors (Lipinski definition) is 2. The van der Waals surface area contributed by atoms with Gasteiger partial charge in [0.15, 0.2) is 11.6 Å². The number of ether oxygens (including phenoxy) is 1. The molecule has 11 heteroatoms. The quantitative estimate of drug-likeness (QED) is 0.381. The van der Waals surface area contributed by atoms with E-state index in [1.54, 1.807) is 31.7 Å². The third-order valence-corrected chi connectivity index (χ3v) is 8.34. The number of fused-ring (bicyclic) bond motifs is 2. The molecule has 2 fully saturated rings. The van der Waals surface area contributed by atoms with Gasteiger partial charge < -0.3 is 10.5 Å². The van der Waals surface area contributed by atoms with Crippen LogP contribution in [0.1, 0.15) is 62.0 Å². The van der Waals surface area contributed by atoms with Crippen molar-refractivity contribution >= 4 is 5.82 Å². The van der Waals surface area contributed by atoms with Crippen molar-refractivity contribution in [3.8, 4) is 17.0 Å². The normalized spacial score (nSPS) is 22.6. The van der Waals surface area contributed by atoms with Crippen LogP contribution >= 0.6 is 0 Å². The first kappa shape index (κ1) is 23.3. The van der Waals surface area contributed by atoms with E-state index in [-0.39, 0.29) is 16.9 Å². The summed E-state index contributed by atoms with van der Waals surface area (Å²) < 4.78 is 22.4. The molecule has 0 aromatic carbocycles. The maximum absolute atomic E-state index is 14.2. The van der Waals surface area contributed by atoms with Gasteiger partial charge >= 0.3 is 0 Å². The average molecular weight is 516 g/mol. The number of anilines is 1. The van der Waals surface area contributed by atoms with Gasteiger partial charge in [0.1, 0.15) is 29.8 Å². The van der Waals surface area contributed by atoms with Crippen molar-refractivity contribution in [2.45, 2.75) is 56.7 Å². The Labute approximate surface area is 219 Å². The van der Waals surface area contributed by atoms with Gasteiger partial charge in [-0.15, -0.1) is 0 Å². The number of pyridine rings is 2. The number of nitrogens with zero attached hydrogens (tertiary/aromatic N) is 7. The number of aromatic nitrogens is 7. The van der Waals surface area contributed by atoms with E-state index in [9.17, 15) is 4.39 Å². The Balaban J connectivity index is 1.14. The van der Waals surface area contributed by atoms with Gasteiger partial charge in [-0.25, -0.2) is 14.4 Å². The molecule has 3 atom stereocenters. The molecule has 2 unspecified atom stereocenters. The van der Waals surface area contributed by atoms with Crippen LogP contribution in [0.4, 0.5) is 10.2 Å². The number of likely N-dealkylation sites (tertiary alicyclic amines) is 1. The lowest BCUT2D eigenvalue weighted by Gasteiger charge is -2.28. The minimum absolute atomic E-state index is 0.0734. The molecule has 1 spiro atoms. The highest BCUT2D eigenvalue weighted by molar-refractivity contribution is 5.64. The van der Waals surface area contributed by atoms with Gasteiger partial charge in [-0.3, -0.25) is 19.7 Å². The van der Waals surface area contributed by atoms with Crippen LogP contribution in [0.3, 0.4) is 0 Å². The molecule has 3 N–H and O–H groups in total. The van der Waals surface area contributed by atoms with Crippen LogP contribution in [0.2, 0.25) is 0 Å². The topological polar surface area (TPSA) is 124 Å². The van der Waals surface area contributed by atoms with E-state index in [2.05, 4.69) is 40.8 Å². The van der Waals surface area contributed by atoms with Crippen molar-refractivity contribution in [1.82, 2.24) is 39.8 Å². The van der Waals surface area contributed by atoms with Crippen molar-refractivity contribution < 1.29 is 9.13 Å². The van der Waals surface area contributed by atoms with Crippen LogP contribution in [0.5, 0.6) is 5.75 Å². The molecule has 0 bridgehead atoms. The number of halogens is 1. The summed E-state index contributed by atoms with van der Waals surface area (Å²) in [5, 5.41) is 12.2. The molecule has 3 aliphatic rings. The van der Waals surface area contributed by atoms with E-state index in [0.717, 1.165) is 49.6 Å². The number of aromatic amines is 1. The maximum Gasteiger partial charge on any atom is 0.166 e. The second-order valence-electron chi connectivity index (χ2n) is 10.8. The summed E-state index contributed by atoms with van der Waals surface area (Å²) in [6.45, 7) is 4.65. The van der Waals surface area contributed by atoms with Gasteiger partial charge in [0.2, 0.25) is 0 Å². The first-order valence-corrected chi connectivity index (χ1v) is 13.2. The predicted molar refractivity (Wildman–Crippen MR) is 137 cm³/mol. The fraction of sp³-hybridized carbons (Fsp3) is 0.444. The van der Waals surface area contributed by atoms with Gasteiger partial charge in [0, 0.05) is 42.2 Å². The first-order chi connectivity index (χ1) is 18.5. The first-order valence-electron chi connectivity index (χ1n) is 13.2. The van der Waals surface area contributed by atoms with E-state index in [0.29, 0.717) is 17.7 Å². The van der Waals surface area contributed by atoms with Crippen molar-refractivity contribution in [3.63, 3.8) is 0 Å². The second kappa shape index (κ2) is 8.87. The largest absolute Gasteiger partial charge is 0.480 e. The fourth-order valence-electron chi connectivity index (χ4n) is 6.25. The summed E-state index contributed by atoms with van der Waals surface area (Å²) in [5.41, 5.74) is 9.33. The zero-order valence-corrected chi connectivity index (χ0v) is 21.2. The van der Waals surface area contributed by atoms with Gasteiger partial charge in [-0.2, -0.15) is 10.2 Å². The molecular weight excluding hydrogens is 485 g/mol. The van der Waals surface area contributed by atoms with Crippen LogP contribution in [0.25, 0.3) is 11.3 Å². The number of nitrogen functional groups attached to an aromatic ring is 1. The Bertz CT molecular complexity index is 1470. The number of hydrogen-bond acceptors (Lipinski definition) is 8. The molecule has 1 saturated carbocycles. The van der Waals surface area contributed by atoms with Crippen LogP contribution in [0.15, 0.2) is 43.0 Å². The maximum atomic E-state index is 14.2. The molecule has 2 aliphatic heterocycles. The minimum Gasteiger partial charge on any atom is -0.480 e. The SMILES string of the molecule is CC(Oc1cc(-c2cc3n(n2)CC[C@@]32CCN(C(c3ncn[nH]3)C3CC3)C2)cnc1N)c1ncccc1F. The Morgan fingerprint density at radius 3 is 2.84 bits per heavy atom. The monoisotopic (exact) mass is 515 g/mol. The zero-order valence-electron chi connectivity index (χ0n) is 21.2. The number of aryl methyl sites for hydroxylation is 1. The van der Waals surface area contributed by atoms with Gasteiger partial charge in [0.05, 0.1) is 11.7 Å².